The first-order chi connectivity index (χ1) is 8.63. The SMILES string of the molecule is CCC1CN(c2ncccc2[C@@H](C)O)CCN1C. The first-order valence-electron chi connectivity index (χ1n) is 6.71. The number of anilines is 1. The minimum absolute atomic E-state index is 0.464. The van der Waals surface area contributed by atoms with Crippen LogP contribution >= 0.6 is 0 Å². The van der Waals surface area contributed by atoms with Gasteiger partial charge in [-0.1, -0.05) is 13.0 Å². The standard InChI is InChI=1S/C14H23N3O/c1-4-12-10-17(9-8-16(12)3)14-13(11(2)18)6-5-7-15-14/h5-7,11-12,18H,4,8-10H2,1-3H3/t11-,12?/m1/s1. The molecule has 4 heteroatoms. The second-order valence-electron chi connectivity index (χ2n) is 5.08. The molecule has 2 rings (SSSR count). The lowest BCUT2D eigenvalue weighted by Gasteiger charge is -2.40. The van der Waals surface area contributed by atoms with E-state index in [0.29, 0.717) is 6.04 Å². The van der Waals surface area contributed by atoms with Crippen LogP contribution in [-0.2, 0) is 0 Å². The number of hydrogen-bond acceptors (Lipinski definition) is 4. The van der Waals surface area contributed by atoms with Gasteiger partial charge in [0.15, 0.2) is 0 Å². The number of hydrogen-bond donors (Lipinski definition) is 1. The van der Waals surface area contributed by atoms with Gasteiger partial charge in [-0.3, -0.25) is 4.90 Å². The quantitative estimate of drug-likeness (QED) is 0.884. The van der Waals surface area contributed by atoms with E-state index >= 15 is 0 Å². The van der Waals surface area contributed by atoms with Crippen molar-refractivity contribution in [2.75, 3.05) is 31.6 Å². The molecule has 4 nitrogen and oxygen atoms in total. The Kier molecular flexibility index (Phi) is 4.19. The summed E-state index contributed by atoms with van der Waals surface area (Å²) in [5, 5.41) is 9.83. The molecule has 100 valence electrons. The van der Waals surface area contributed by atoms with Crippen molar-refractivity contribution in [2.24, 2.45) is 0 Å². The van der Waals surface area contributed by atoms with Gasteiger partial charge in [0.05, 0.1) is 6.10 Å². The monoisotopic (exact) mass is 249 g/mol. The summed E-state index contributed by atoms with van der Waals surface area (Å²) in [7, 11) is 2.18. The van der Waals surface area contributed by atoms with Crippen LogP contribution in [0.1, 0.15) is 31.9 Å². The third-order valence-electron chi connectivity index (χ3n) is 3.81. The minimum atomic E-state index is -0.464. The van der Waals surface area contributed by atoms with E-state index in [4.69, 9.17) is 0 Å². The van der Waals surface area contributed by atoms with Crippen molar-refractivity contribution >= 4 is 5.82 Å². The van der Waals surface area contributed by atoms with Gasteiger partial charge in [0.1, 0.15) is 5.82 Å². The number of rotatable bonds is 3. The number of aromatic nitrogens is 1. The molecule has 1 fully saturated rings. The first kappa shape index (κ1) is 13.3. The van der Waals surface area contributed by atoms with Crippen molar-refractivity contribution in [1.82, 2.24) is 9.88 Å². The third-order valence-corrected chi connectivity index (χ3v) is 3.81. The van der Waals surface area contributed by atoms with E-state index in [9.17, 15) is 5.11 Å². The Balaban J connectivity index is 2.21. The zero-order valence-corrected chi connectivity index (χ0v) is 11.5. The van der Waals surface area contributed by atoms with E-state index in [1.54, 1.807) is 13.1 Å². The molecule has 0 saturated carbocycles. The molecule has 18 heavy (non-hydrogen) atoms. The van der Waals surface area contributed by atoms with Crippen molar-refractivity contribution in [3.63, 3.8) is 0 Å². The van der Waals surface area contributed by atoms with Gasteiger partial charge in [-0.15, -0.1) is 0 Å². The number of aliphatic hydroxyl groups is 1. The van der Waals surface area contributed by atoms with E-state index in [2.05, 4.69) is 28.8 Å². The van der Waals surface area contributed by atoms with E-state index < -0.39 is 6.10 Å². The van der Waals surface area contributed by atoms with Crippen molar-refractivity contribution in [2.45, 2.75) is 32.4 Å². The molecule has 0 spiro atoms. The van der Waals surface area contributed by atoms with Gasteiger partial charge in [-0.25, -0.2) is 4.98 Å². The van der Waals surface area contributed by atoms with Gasteiger partial charge in [0.2, 0.25) is 0 Å². The van der Waals surface area contributed by atoms with Crippen LogP contribution in [0.15, 0.2) is 18.3 Å². The number of piperazine rings is 1. The number of nitrogens with zero attached hydrogens (tertiary/aromatic N) is 3. The Morgan fingerprint density at radius 1 is 1.50 bits per heavy atom. The van der Waals surface area contributed by atoms with Crippen LogP contribution in [0, 0.1) is 0 Å². The fourth-order valence-electron chi connectivity index (χ4n) is 2.58. The summed E-state index contributed by atoms with van der Waals surface area (Å²) >= 11 is 0. The summed E-state index contributed by atoms with van der Waals surface area (Å²) in [6.07, 6.45) is 2.48. The van der Waals surface area contributed by atoms with Crippen molar-refractivity contribution < 1.29 is 5.11 Å². The molecule has 1 aliphatic rings. The van der Waals surface area contributed by atoms with Crippen LogP contribution < -0.4 is 4.90 Å². The van der Waals surface area contributed by atoms with Crippen LogP contribution in [0.4, 0.5) is 5.82 Å². The number of pyridine rings is 1. The molecule has 1 aromatic rings. The molecule has 1 N–H and O–H groups in total. The zero-order chi connectivity index (χ0) is 13.1. The lowest BCUT2D eigenvalue weighted by Crippen LogP contribution is -2.51. The topological polar surface area (TPSA) is 39.6 Å². The van der Waals surface area contributed by atoms with Crippen LogP contribution in [0.3, 0.4) is 0 Å². The Hall–Kier alpha value is -1.13. The Labute approximate surface area is 109 Å². The summed E-state index contributed by atoms with van der Waals surface area (Å²) in [5.74, 6) is 0.944. The normalized spacial score (nSPS) is 23.1. The fourth-order valence-corrected chi connectivity index (χ4v) is 2.58. The van der Waals surface area contributed by atoms with Gasteiger partial charge < -0.3 is 10.0 Å². The highest BCUT2D eigenvalue weighted by Gasteiger charge is 2.25. The maximum Gasteiger partial charge on any atom is 0.134 e. The second-order valence-corrected chi connectivity index (χ2v) is 5.08. The molecule has 1 aliphatic heterocycles. The van der Waals surface area contributed by atoms with Gasteiger partial charge in [-0.05, 0) is 26.5 Å². The Morgan fingerprint density at radius 2 is 2.28 bits per heavy atom. The lowest BCUT2D eigenvalue weighted by molar-refractivity contribution is 0.195. The van der Waals surface area contributed by atoms with E-state index in [-0.39, 0.29) is 0 Å². The van der Waals surface area contributed by atoms with E-state index in [1.807, 2.05) is 12.1 Å². The summed E-state index contributed by atoms with van der Waals surface area (Å²) in [6.45, 7) is 7.04. The van der Waals surface area contributed by atoms with Gasteiger partial charge >= 0.3 is 0 Å². The Morgan fingerprint density at radius 3 is 2.94 bits per heavy atom. The summed E-state index contributed by atoms with van der Waals surface area (Å²) < 4.78 is 0. The van der Waals surface area contributed by atoms with E-state index in [0.717, 1.165) is 37.4 Å². The maximum absolute atomic E-state index is 9.83. The summed E-state index contributed by atoms with van der Waals surface area (Å²) in [6, 6.07) is 4.42. The number of likely N-dealkylation sites (N-methyl/N-ethyl adjacent to an activating group) is 1. The predicted octanol–water partition coefficient (Wildman–Crippen LogP) is 1.67. The highest BCUT2D eigenvalue weighted by molar-refractivity contribution is 5.48. The maximum atomic E-state index is 9.83. The average Bonchev–Trinajstić information content (AvgIpc) is 2.39. The fraction of sp³-hybridized carbons (Fsp3) is 0.643. The molecule has 1 unspecified atom stereocenters. The van der Waals surface area contributed by atoms with Crippen LogP contribution in [0.25, 0.3) is 0 Å². The smallest absolute Gasteiger partial charge is 0.134 e. The molecule has 2 heterocycles. The second kappa shape index (κ2) is 5.67. The third kappa shape index (κ3) is 2.65. The zero-order valence-electron chi connectivity index (χ0n) is 11.5. The number of aliphatic hydroxyl groups excluding tert-OH is 1. The molecule has 1 aromatic heterocycles. The highest BCUT2D eigenvalue weighted by Crippen LogP contribution is 2.25. The molecule has 0 amide bonds. The highest BCUT2D eigenvalue weighted by atomic mass is 16.3. The molecule has 0 aliphatic carbocycles. The average molecular weight is 249 g/mol. The molecule has 0 aromatic carbocycles. The van der Waals surface area contributed by atoms with Crippen LogP contribution in [0.2, 0.25) is 0 Å². The first-order valence-corrected chi connectivity index (χ1v) is 6.71. The van der Waals surface area contributed by atoms with Crippen molar-refractivity contribution in [3.8, 4) is 0 Å². The Bertz CT molecular complexity index is 394. The van der Waals surface area contributed by atoms with Crippen molar-refractivity contribution in [3.05, 3.63) is 23.9 Å². The largest absolute Gasteiger partial charge is 0.389 e. The van der Waals surface area contributed by atoms with Gasteiger partial charge in [0.25, 0.3) is 0 Å². The molecule has 1 saturated heterocycles. The van der Waals surface area contributed by atoms with E-state index in [1.165, 1.54) is 0 Å². The summed E-state index contributed by atoms with van der Waals surface area (Å²) in [4.78, 5) is 9.17. The van der Waals surface area contributed by atoms with Crippen molar-refractivity contribution in [1.29, 1.82) is 0 Å². The molecule has 0 radical (unpaired) electrons. The van der Waals surface area contributed by atoms with Crippen LogP contribution in [0.5, 0.6) is 0 Å². The molecule has 0 bridgehead atoms. The predicted molar refractivity (Wildman–Crippen MR) is 73.8 cm³/mol. The lowest BCUT2D eigenvalue weighted by atomic mass is 10.1. The van der Waals surface area contributed by atoms with Gasteiger partial charge in [0, 0.05) is 37.4 Å². The summed E-state index contributed by atoms with van der Waals surface area (Å²) in [5.41, 5.74) is 0.928. The van der Waals surface area contributed by atoms with Crippen LogP contribution in [-0.4, -0.2) is 47.7 Å². The molecule has 2 atom stereocenters. The minimum Gasteiger partial charge on any atom is -0.389 e. The molecular formula is C14H23N3O. The van der Waals surface area contributed by atoms with Gasteiger partial charge in [-0.2, -0.15) is 0 Å². The molecular weight excluding hydrogens is 226 g/mol.